The van der Waals surface area contributed by atoms with Gasteiger partial charge in [0.1, 0.15) is 0 Å². The van der Waals surface area contributed by atoms with Crippen molar-refractivity contribution in [1.82, 2.24) is 4.90 Å². The van der Waals surface area contributed by atoms with Gasteiger partial charge in [-0.1, -0.05) is 42.2 Å². The minimum atomic E-state index is -0.161. The molecule has 0 aliphatic carbocycles. The van der Waals surface area contributed by atoms with Gasteiger partial charge in [0, 0.05) is 5.56 Å². The highest BCUT2D eigenvalue weighted by molar-refractivity contribution is 5.37. The van der Waals surface area contributed by atoms with Crippen LogP contribution >= 0.6 is 0 Å². The summed E-state index contributed by atoms with van der Waals surface area (Å²) < 4.78 is 0. The molecule has 0 amide bonds. The van der Waals surface area contributed by atoms with Gasteiger partial charge in [0.25, 0.3) is 0 Å². The van der Waals surface area contributed by atoms with E-state index in [0.29, 0.717) is 0 Å². The van der Waals surface area contributed by atoms with E-state index in [1.165, 1.54) is 0 Å². The fourth-order valence-corrected chi connectivity index (χ4v) is 2.02. The minimum absolute atomic E-state index is 0.161. The van der Waals surface area contributed by atoms with E-state index in [1.807, 2.05) is 42.5 Å². The van der Waals surface area contributed by atoms with Crippen LogP contribution < -0.4 is 0 Å². The zero-order valence-corrected chi connectivity index (χ0v) is 12.0. The molecule has 0 heterocycles. The molecule has 0 aliphatic heterocycles. The third kappa shape index (κ3) is 4.43. The van der Waals surface area contributed by atoms with Crippen molar-refractivity contribution in [3.8, 4) is 11.8 Å². The smallest absolute Gasteiger partial charge is 0.0862 e. The Balaban J connectivity index is 3.05. The normalized spacial score (nSPS) is 13.2. The van der Waals surface area contributed by atoms with Gasteiger partial charge < -0.3 is 0 Å². The third-order valence-corrected chi connectivity index (χ3v) is 3.31. The first kappa shape index (κ1) is 15.3. The molecule has 1 heteroatoms. The maximum atomic E-state index is 3.87. The van der Waals surface area contributed by atoms with Crippen molar-refractivity contribution in [3.63, 3.8) is 0 Å². The second-order valence-electron chi connectivity index (χ2n) is 4.86. The van der Waals surface area contributed by atoms with Crippen LogP contribution in [0.15, 0.2) is 55.6 Å². The Kier molecular flexibility index (Phi) is 6.12. The molecule has 1 atom stereocenters. The van der Waals surface area contributed by atoms with Crippen molar-refractivity contribution >= 4 is 0 Å². The van der Waals surface area contributed by atoms with E-state index >= 15 is 0 Å². The molecule has 19 heavy (non-hydrogen) atoms. The fraction of sp³-hybridized carbons (Fsp3) is 0.333. The molecule has 1 aromatic carbocycles. The molecule has 0 saturated heterocycles. The Bertz CT molecular complexity index is 461. The number of hydrogen-bond donors (Lipinski definition) is 0. The highest BCUT2D eigenvalue weighted by atomic mass is 15.1. The average molecular weight is 253 g/mol. The monoisotopic (exact) mass is 253 g/mol. The number of allylic oxidation sites excluding steroid dienone is 1. The van der Waals surface area contributed by atoms with Gasteiger partial charge in [0.05, 0.1) is 5.54 Å². The van der Waals surface area contributed by atoms with Crippen LogP contribution in [0.3, 0.4) is 0 Å². The minimum Gasteiger partial charge on any atom is -0.293 e. The zero-order valence-electron chi connectivity index (χ0n) is 12.0. The lowest BCUT2D eigenvalue weighted by atomic mass is 9.88. The maximum absolute atomic E-state index is 3.87. The predicted molar refractivity (Wildman–Crippen MR) is 84.0 cm³/mol. The van der Waals surface area contributed by atoms with Crippen molar-refractivity contribution in [3.05, 3.63) is 61.2 Å². The van der Waals surface area contributed by atoms with E-state index in [2.05, 4.69) is 44.0 Å². The van der Waals surface area contributed by atoms with Crippen LogP contribution in [0.4, 0.5) is 0 Å². The van der Waals surface area contributed by atoms with Gasteiger partial charge in [-0.15, -0.1) is 13.2 Å². The average Bonchev–Trinajstić information content (AvgIpc) is 2.43. The molecular weight excluding hydrogens is 230 g/mol. The van der Waals surface area contributed by atoms with E-state index < -0.39 is 0 Å². The first-order valence-electron chi connectivity index (χ1n) is 6.62. The summed E-state index contributed by atoms with van der Waals surface area (Å²) in [7, 11) is 4.15. The lowest BCUT2D eigenvalue weighted by molar-refractivity contribution is 0.208. The molecule has 0 aliphatic rings. The van der Waals surface area contributed by atoms with Crippen molar-refractivity contribution in [2.24, 2.45) is 0 Å². The van der Waals surface area contributed by atoms with Crippen LogP contribution in [0, 0.1) is 11.8 Å². The van der Waals surface area contributed by atoms with Crippen LogP contribution in [0.25, 0.3) is 0 Å². The van der Waals surface area contributed by atoms with Gasteiger partial charge in [-0.3, -0.25) is 4.90 Å². The fourth-order valence-electron chi connectivity index (χ4n) is 2.02. The lowest BCUT2D eigenvalue weighted by Gasteiger charge is -2.34. The maximum Gasteiger partial charge on any atom is 0.0862 e. The topological polar surface area (TPSA) is 3.24 Å². The Morgan fingerprint density at radius 2 is 1.84 bits per heavy atom. The van der Waals surface area contributed by atoms with Crippen LogP contribution in [0.1, 0.15) is 24.8 Å². The first-order chi connectivity index (χ1) is 9.14. The van der Waals surface area contributed by atoms with Gasteiger partial charge in [0.15, 0.2) is 0 Å². The summed E-state index contributed by atoms with van der Waals surface area (Å²) >= 11 is 0. The summed E-state index contributed by atoms with van der Waals surface area (Å²) in [6, 6.07) is 10.1. The SMILES string of the molecule is C=CCCC(C#Cc1ccccc1)(CC=C)N(C)C. The molecule has 0 saturated carbocycles. The summed E-state index contributed by atoms with van der Waals surface area (Å²) in [4.78, 5) is 2.19. The van der Waals surface area contributed by atoms with E-state index in [9.17, 15) is 0 Å². The van der Waals surface area contributed by atoms with Crippen molar-refractivity contribution in [1.29, 1.82) is 0 Å². The molecule has 0 bridgehead atoms. The Labute approximate surface area is 117 Å². The van der Waals surface area contributed by atoms with E-state index in [4.69, 9.17) is 0 Å². The van der Waals surface area contributed by atoms with E-state index in [0.717, 1.165) is 24.8 Å². The van der Waals surface area contributed by atoms with Crippen LogP contribution in [0.2, 0.25) is 0 Å². The summed E-state index contributed by atoms with van der Waals surface area (Å²) in [5.41, 5.74) is 0.891. The molecule has 1 aromatic rings. The van der Waals surface area contributed by atoms with Crippen LogP contribution in [0.5, 0.6) is 0 Å². The molecule has 0 aromatic heterocycles. The Hall–Kier alpha value is -1.78. The predicted octanol–water partition coefficient (Wildman–Crippen LogP) is 3.88. The third-order valence-electron chi connectivity index (χ3n) is 3.31. The summed E-state index contributed by atoms with van der Waals surface area (Å²) in [6.45, 7) is 7.68. The molecule has 1 unspecified atom stereocenters. The van der Waals surface area contributed by atoms with Crippen molar-refractivity contribution < 1.29 is 0 Å². The standard InChI is InChI=1S/C18H23N/c1-5-7-15-18(14-6-2,19(3)4)16-13-17-11-9-8-10-12-17/h5-6,8-12H,1-2,7,14-15H2,3-4H3. The highest BCUT2D eigenvalue weighted by Gasteiger charge is 2.28. The van der Waals surface area contributed by atoms with E-state index in [1.54, 1.807) is 0 Å². The number of nitrogens with zero attached hydrogens (tertiary/aromatic N) is 1. The number of benzene rings is 1. The summed E-state index contributed by atoms with van der Waals surface area (Å²) in [5.74, 6) is 6.73. The summed E-state index contributed by atoms with van der Waals surface area (Å²) in [6.07, 6.45) is 6.67. The molecule has 0 spiro atoms. The molecule has 100 valence electrons. The van der Waals surface area contributed by atoms with Gasteiger partial charge in [-0.05, 0) is 45.5 Å². The first-order valence-corrected chi connectivity index (χ1v) is 6.62. The molecular formula is C18H23N. The van der Waals surface area contributed by atoms with Crippen LogP contribution in [-0.4, -0.2) is 24.5 Å². The molecule has 1 rings (SSSR count). The number of rotatable bonds is 6. The van der Waals surface area contributed by atoms with Crippen molar-refractivity contribution in [2.45, 2.75) is 24.8 Å². The zero-order chi connectivity index (χ0) is 14.1. The Morgan fingerprint density at radius 3 is 2.37 bits per heavy atom. The largest absolute Gasteiger partial charge is 0.293 e. The van der Waals surface area contributed by atoms with E-state index in [-0.39, 0.29) is 5.54 Å². The molecule has 0 N–H and O–H groups in total. The second kappa shape index (κ2) is 7.61. The molecule has 1 nitrogen and oxygen atoms in total. The molecule has 0 fully saturated rings. The molecule has 0 radical (unpaired) electrons. The van der Waals surface area contributed by atoms with Gasteiger partial charge in [-0.2, -0.15) is 0 Å². The van der Waals surface area contributed by atoms with Gasteiger partial charge in [-0.25, -0.2) is 0 Å². The Morgan fingerprint density at radius 1 is 1.16 bits per heavy atom. The lowest BCUT2D eigenvalue weighted by Crippen LogP contribution is -2.42. The second-order valence-corrected chi connectivity index (χ2v) is 4.86. The number of hydrogen-bond acceptors (Lipinski definition) is 1. The summed E-state index contributed by atoms with van der Waals surface area (Å²) in [5, 5.41) is 0. The van der Waals surface area contributed by atoms with Crippen molar-refractivity contribution in [2.75, 3.05) is 14.1 Å². The quantitative estimate of drug-likeness (QED) is 0.549. The highest BCUT2D eigenvalue weighted by Crippen LogP contribution is 2.23. The van der Waals surface area contributed by atoms with Gasteiger partial charge >= 0.3 is 0 Å². The van der Waals surface area contributed by atoms with Crippen LogP contribution in [-0.2, 0) is 0 Å². The van der Waals surface area contributed by atoms with Gasteiger partial charge in [0.2, 0.25) is 0 Å².